The number of likely N-dealkylation sites (N-methyl/N-ethyl adjacent to an activating group) is 1. The Morgan fingerprint density at radius 1 is 1.09 bits per heavy atom. The van der Waals surface area contributed by atoms with Crippen molar-refractivity contribution in [2.24, 2.45) is 0 Å². The molecule has 1 aromatic rings. The molecule has 5 heteroatoms. The molecule has 1 aliphatic heterocycles. The topological polar surface area (TPSA) is 42.0 Å². The molecule has 128 valence electrons. The summed E-state index contributed by atoms with van der Waals surface area (Å²) in [5.41, 5.74) is 0.353. The molecule has 0 N–H and O–H groups in total. The second kappa shape index (κ2) is 7.21. The highest BCUT2D eigenvalue weighted by Gasteiger charge is 2.35. The van der Waals surface area contributed by atoms with Gasteiger partial charge in [0.15, 0.2) is 11.5 Å². The number of amides is 1. The summed E-state index contributed by atoms with van der Waals surface area (Å²) < 4.78 is 10.6. The number of carbonyl (C=O) groups excluding carboxylic acids is 1. The van der Waals surface area contributed by atoms with Gasteiger partial charge in [0.05, 0.1) is 19.6 Å². The number of hydrogen-bond acceptors (Lipinski definition) is 4. The van der Waals surface area contributed by atoms with Crippen LogP contribution >= 0.6 is 0 Å². The molecule has 1 aromatic carbocycles. The first-order valence-electron chi connectivity index (χ1n) is 8.18. The molecule has 1 saturated heterocycles. The summed E-state index contributed by atoms with van der Waals surface area (Å²) in [4.78, 5) is 17.3. The van der Waals surface area contributed by atoms with Crippen molar-refractivity contribution in [3.8, 4) is 11.5 Å². The van der Waals surface area contributed by atoms with Crippen LogP contribution in [0.1, 0.15) is 26.3 Å². The smallest absolute Gasteiger partial charge is 0.232 e. The third-order valence-corrected chi connectivity index (χ3v) is 4.75. The molecule has 0 radical (unpaired) electrons. The van der Waals surface area contributed by atoms with Gasteiger partial charge in [0.25, 0.3) is 0 Å². The molecule has 0 aliphatic carbocycles. The van der Waals surface area contributed by atoms with Crippen LogP contribution < -0.4 is 9.47 Å². The molecule has 1 aliphatic rings. The highest BCUT2D eigenvalue weighted by Crippen LogP contribution is 2.34. The van der Waals surface area contributed by atoms with Crippen LogP contribution in [0, 0.1) is 0 Å². The first-order valence-corrected chi connectivity index (χ1v) is 8.18. The van der Waals surface area contributed by atoms with E-state index in [2.05, 4.69) is 11.8 Å². The molecular formula is C18H28N2O3. The molecule has 1 fully saturated rings. The lowest BCUT2D eigenvalue weighted by molar-refractivity contribution is -0.138. The Morgan fingerprint density at radius 2 is 1.70 bits per heavy atom. The molecule has 5 nitrogen and oxygen atoms in total. The van der Waals surface area contributed by atoms with Crippen LogP contribution in [0.15, 0.2) is 18.2 Å². The number of nitrogens with zero attached hydrogens (tertiary/aromatic N) is 2. The van der Waals surface area contributed by atoms with E-state index in [0.29, 0.717) is 11.5 Å². The molecule has 0 saturated carbocycles. The fourth-order valence-electron chi connectivity index (χ4n) is 3.01. The van der Waals surface area contributed by atoms with E-state index in [0.717, 1.165) is 38.3 Å². The predicted molar refractivity (Wildman–Crippen MR) is 91.3 cm³/mol. The zero-order chi connectivity index (χ0) is 17.0. The fourth-order valence-corrected chi connectivity index (χ4v) is 3.01. The predicted octanol–water partition coefficient (Wildman–Crippen LogP) is 2.15. The third-order valence-electron chi connectivity index (χ3n) is 4.75. The zero-order valence-electron chi connectivity index (χ0n) is 14.9. The van der Waals surface area contributed by atoms with Gasteiger partial charge >= 0.3 is 0 Å². The molecule has 1 amide bonds. The van der Waals surface area contributed by atoms with Crippen LogP contribution in [-0.2, 0) is 10.2 Å². The highest BCUT2D eigenvalue weighted by molar-refractivity contribution is 5.87. The van der Waals surface area contributed by atoms with Gasteiger partial charge < -0.3 is 19.3 Å². The number of ether oxygens (including phenoxy) is 2. The zero-order valence-corrected chi connectivity index (χ0v) is 14.9. The van der Waals surface area contributed by atoms with E-state index in [1.165, 1.54) is 0 Å². The molecule has 23 heavy (non-hydrogen) atoms. The minimum absolute atomic E-state index is 0.167. The Morgan fingerprint density at radius 3 is 2.22 bits per heavy atom. The van der Waals surface area contributed by atoms with Crippen LogP contribution in [0.2, 0.25) is 0 Å². The van der Waals surface area contributed by atoms with E-state index in [1.54, 1.807) is 14.2 Å². The van der Waals surface area contributed by atoms with Gasteiger partial charge in [-0.25, -0.2) is 0 Å². The maximum absolute atomic E-state index is 13.0. The van der Waals surface area contributed by atoms with E-state index in [9.17, 15) is 4.79 Å². The minimum Gasteiger partial charge on any atom is -0.493 e. The van der Waals surface area contributed by atoms with Gasteiger partial charge in [0.2, 0.25) is 5.91 Å². The average molecular weight is 320 g/mol. The van der Waals surface area contributed by atoms with Gasteiger partial charge in [-0.15, -0.1) is 0 Å². The first kappa shape index (κ1) is 17.6. The quantitative estimate of drug-likeness (QED) is 0.834. The van der Waals surface area contributed by atoms with Crippen molar-refractivity contribution in [3.05, 3.63) is 23.8 Å². The summed E-state index contributed by atoms with van der Waals surface area (Å²) >= 11 is 0. The molecule has 2 rings (SSSR count). The van der Waals surface area contributed by atoms with Gasteiger partial charge in [-0.2, -0.15) is 0 Å². The van der Waals surface area contributed by atoms with Gasteiger partial charge in [0.1, 0.15) is 0 Å². The van der Waals surface area contributed by atoms with Crippen molar-refractivity contribution in [1.82, 2.24) is 9.80 Å². The lowest BCUT2D eigenvalue weighted by Crippen LogP contribution is -2.53. The lowest BCUT2D eigenvalue weighted by Gasteiger charge is -2.38. The Bertz CT molecular complexity index is 549. The Hall–Kier alpha value is -1.75. The molecule has 0 bridgehead atoms. The molecule has 0 unspecified atom stereocenters. The van der Waals surface area contributed by atoms with Gasteiger partial charge in [-0.1, -0.05) is 13.0 Å². The summed E-state index contributed by atoms with van der Waals surface area (Å²) in [6.45, 7) is 10.6. The van der Waals surface area contributed by atoms with Crippen LogP contribution in [-0.4, -0.2) is 62.7 Å². The van der Waals surface area contributed by atoms with Crippen molar-refractivity contribution in [1.29, 1.82) is 0 Å². The second-order valence-electron chi connectivity index (χ2n) is 6.42. The molecule has 0 aromatic heterocycles. The van der Waals surface area contributed by atoms with E-state index in [4.69, 9.17) is 9.47 Å². The molecule has 1 heterocycles. The summed E-state index contributed by atoms with van der Waals surface area (Å²) in [6.07, 6.45) is 0. The molecule has 0 atom stereocenters. The van der Waals surface area contributed by atoms with Gasteiger partial charge in [-0.3, -0.25) is 4.79 Å². The number of methoxy groups -OCH3 is 2. The van der Waals surface area contributed by atoms with Gasteiger partial charge in [0, 0.05) is 26.2 Å². The van der Waals surface area contributed by atoms with E-state index in [1.807, 2.05) is 36.9 Å². The number of hydrogen-bond donors (Lipinski definition) is 0. The van der Waals surface area contributed by atoms with E-state index in [-0.39, 0.29) is 5.91 Å². The third kappa shape index (κ3) is 3.61. The maximum Gasteiger partial charge on any atom is 0.232 e. The lowest BCUT2D eigenvalue weighted by atomic mass is 9.82. The summed E-state index contributed by atoms with van der Waals surface area (Å²) in [6, 6.07) is 5.71. The van der Waals surface area contributed by atoms with Crippen molar-refractivity contribution in [3.63, 3.8) is 0 Å². The number of rotatable bonds is 5. The number of piperazine rings is 1. The normalized spacial score (nSPS) is 16.3. The van der Waals surface area contributed by atoms with Crippen LogP contribution in [0.4, 0.5) is 0 Å². The van der Waals surface area contributed by atoms with Crippen molar-refractivity contribution in [2.45, 2.75) is 26.2 Å². The summed E-state index contributed by atoms with van der Waals surface area (Å²) in [5, 5.41) is 0. The van der Waals surface area contributed by atoms with Gasteiger partial charge in [-0.05, 0) is 38.1 Å². The number of benzene rings is 1. The number of carbonyl (C=O) groups is 1. The molecule has 0 spiro atoms. The van der Waals surface area contributed by atoms with Crippen molar-refractivity contribution in [2.75, 3.05) is 46.9 Å². The fraction of sp³-hybridized carbons (Fsp3) is 0.611. The average Bonchev–Trinajstić information content (AvgIpc) is 2.60. The Kier molecular flexibility index (Phi) is 5.52. The van der Waals surface area contributed by atoms with Crippen LogP contribution in [0.5, 0.6) is 11.5 Å². The van der Waals surface area contributed by atoms with Crippen LogP contribution in [0.25, 0.3) is 0 Å². The monoisotopic (exact) mass is 320 g/mol. The second-order valence-corrected chi connectivity index (χ2v) is 6.42. The van der Waals surface area contributed by atoms with Crippen molar-refractivity contribution >= 4 is 5.91 Å². The summed E-state index contributed by atoms with van der Waals surface area (Å²) in [7, 11) is 3.22. The SMILES string of the molecule is CCN1CCN(C(=O)C(C)(C)c2ccc(OC)c(OC)c2)CC1. The highest BCUT2D eigenvalue weighted by atomic mass is 16.5. The molecular weight excluding hydrogens is 292 g/mol. The minimum atomic E-state index is -0.589. The summed E-state index contributed by atoms with van der Waals surface area (Å²) in [5.74, 6) is 1.50. The van der Waals surface area contributed by atoms with E-state index >= 15 is 0 Å². The van der Waals surface area contributed by atoms with Crippen LogP contribution in [0.3, 0.4) is 0 Å². The maximum atomic E-state index is 13.0. The Balaban J connectivity index is 2.19. The Labute approximate surface area is 139 Å². The van der Waals surface area contributed by atoms with E-state index < -0.39 is 5.41 Å². The first-order chi connectivity index (χ1) is 10.9. The van der Waals surface area contributed by atoms with Crippen molar-refractivity contribution < 1.29 is 14.3 Å². The standard InChI is InChI=1S/C18H28N2O3/c1-6-19-9-11-20(12-10-19)17(21)18(2,3)14-7-8-15(22-4)16(13-14)23-5/h7-8,13H,6,9-12H2,1-5H3. The largest absolute Gasteiger partial charge is 0.493 e.